The number of aryl methyl sites for hydroxylation is 1. The Balaban J connectivity index is 1.62. The van der Waals surface area contributed by atoms with Crippen molar-refractivity contribution in [1.29, 1.82) is 0 Å². The summed E-state index contributed by atoms with van der Waals surface area (Å²) in [6.07, 6.45) is 8.58. The summed E-state index contributed by atoms with van der Waals surface area (Å²) in [7, 11) is 0. The maximum atomic E-state index is 12.8. The van der Waals surface area contributed by atoms with Gasteiger partial charge in [-0.05, 0) is 52.0 Å². The zero-order valence-electron chi connectivity index (χ0n) is 17.8. The molecule has 1 N–H and O–H groups in total. The molecule has 0 atom stereocenters. The van der Waals surface area contributed by atoms with Crippen LogP contribution in [0.5, 0.6) is 0 Å². The van der Waals surface area contributed by atoms with E-state index in [1.165, 1.54) is 37.4 Å². The number of carbonyl (C=O) groups excluding carboxylic acids is 1. The summed E-state index contributed by atoms with van der Waals surface area (Å²) in [4.78, 5) is 17.3. The number of allylic oxidation sites excluding steroid dienone is 2. The molecule has 0 amide bonds. The van der Waals surface area contributed by atoms with Crippen molar-refractivity contribution < 1.29 is 4.79 Å². The Labute approximate surface area is 172 Å². The first-order chi connectivity index (χ1) is 13.3. The van der Waals surface area contributed by atoms with Gasteiger partial charge in [0.2, 0.25) is 5.16 Å². The van der Waals surface area contributed by atoms with Crippen molar-refractivity contribution in [3.05, 3.63) is 40.5 Å². The fraction of sp³-hybridized carbons (Fsp3) is 0.591. The second kappa shape index (κ2) is 8.68. The Morgan fingerprint density at radius 3 is 2.71 bits per heavy atom. The first kappa shape index (κ1) is 20.9. The van der Waals surface area contributed by atoms with E-state index < -0.39 is 0 Å². The number of aromatic nitrogens is 4. The lowest BCUT2D eigenvalue weighted by atomic mass is 9.96. The Kier molecular flexibility index (Phi) is 6.48. The highest BCUT2D eigenvalue weighted by Gasteiger charge is 2.20. The van der Waals surface area contributed by atoms with Crippen LogP contribution in [-0.4, -0.2) is 31.3 Å². The molecule has 28 heavy (non-hydrogen) atoms. The minimum Gasteiger partial charge on any atom is -0.348 e. The van der Waals surface area contributed by atoms with E-state index in [1.807, 2.05) is 6.07 Å². The van der Waals surface area contributed by atoms with E-state index in [0.717, 1.165) is 35.7 Å². The molecule has 0 aliphatic heterocycles. The molecule has 2 aromatic rings. The van der Waals surface area contributed by atoms with Gasteiger partial charge < -0.3 is 4.57 Å². The maximum absolute atomic E-state index is 12.8. The molecular weight excluding hydrogens is 368 g/mol. The zero-order chi connectivity index (χ0) is 20.3. The molecule has 3 rings (SSSR count). The van der Waals surface area contributed by atoms with Gasteiger partial charge >= 0.3 is 0 Å². The number of nitrogens with one attached hydrogen (secondary N) is 1. The van der Waals surface area contributed by atoms with Gasteiger partial charge in [0.05, 0.1) is 5.75 Å². The number of rotatable bonds is 7. The number of nitrogens with zero attached hydrogens (tertiary/aromatic N) is 3. The van der Waals surface area contributed by atoms with Crippen LogP contribution in [0, 0.1) is 13.8 Å². The summed E-state index contributed by atoms with van der Waals surface area (Å²) in [5, 5.41) is 7.85. The van der Waals surface area contributed by atoms with Gasteiger partial charge in [-0.15, -0.1) is 5.10 Å². The van der Waals surface area contributed by atoms with Crippen LogP contribution in [0.3, 0.4) is 0 Å². The first-order valence-electron chi connectivity index (χ1n) is 10.2. The van der Waals surface area contributed by atoms with Crippen molar-refractivity contribution >= 4 is 17.5 Å². The predicted octanol–water partition coefficient (Wildman–Crippen LogP) is 5.39. The van der Waals surface area contributed by atoms with E-state index in [-0.39, 0.29) is 11.2 Å². The van der Waals surface area contributed by atoms with Gasteiger partial charge in [0.15, 0.2) is 5.78 Å². The number of hydrogen-bond donors (Lipinski definition) is 1. The van der Waals surface area contributed by atoms with Crippen molar-refractivity contribution in [3.63, 3.8) is 0 Å². The van der Waals surface area contributed by atoms with Crippen LogP contribution in [0.15, 0.2) is 22.9 Å². The van der Waals surface area contributed by atoms with E-state index in [1.54, 1.807) is 5.57 Å². The van der Waals surface area contributed by atoms with Crippen LogP contribution in [0.25, 0.3) is 0 Å². The fourth-order valence-corrected chi connectivity index (χ4v) is 4.35. The molecule has 6 heteroatoms. The third kappa shape index (κ3) is 4.96. The summed E-state index contributed by atoms with van der Waals surface area (Å²) in [5.41, 5.74) is 4.56. The van der Waals surface area contributed by atoms with Crippen LogP contribution in [0.4, 0.5) is 0 Å². The van der Waals surface area contributed by atoms with Gasteiger partial charge in [-0.2, -0.15) is 0 Å². The molecule has 1 aliphatic rings. The molecule has 0 bridgehead atoms. The van der Waals surface area contributed by atoms with Crippen molar-refractivity contribution in [2.75, 3.05) is 5.75 Å². The highest BCUT2D eigenvalue weighted by atomic mass is 32.2. The molecule has 0 saturated heterocycles. The highest BCUT2D eigenvalue weighted by molar-refractivity contribution is 7.99. The lowest BCUT2D eigenvalue weighted by Crippen LogP contribution is -2.13. The van der Waals surface area contributed by atoms with Crippen LogP contribution in [0.1, 0.15) is 80.4 Å². The van der Waals surface area contributed by atoms with E-state index in [0.29, 0.717) is 10.9 Å². The molecule has 0 unspecified atom stereocenters. The number of carbonyl (C=O) groups is 1. The minimum atomic E-state index is -0.0749. The van der Waals surface area contributed by atoms with Crippen molar-refractivity contribution in [2.45, 2.75) is 83.8 Å². The number of H-pyrrole nitrogens is 1. The molecule has 0 aromatic carbocycles. The normalized spacial score (nSPS) is 15.0. The predicted molar refractivity (Wildman–Crippen MR) is 115 cm³/mol. The summed E-state index contributed by atoms with van der Waals surface area (Å²) in [5.74, 6) is 1.35. The molecule has 2 heterocycles. The van der Waals surface area contributed by atoms with Crippen LogP contribution >= 0.6 is 11.8 Å². The zero-order valence-corrected chi connectivity index (χ0v) is 18.6. The van der Waals surface area contributed by atoms with Gasteiger partial charge in [0.25, 0.3) is 0 Å². The van der Waals surface area contributed by atoms with E-state index in [9.17, 15) is 4.79 Å². The minimum absolute atomic E-state index is 0.0749. The monoisotopic (exact) mass is 400 g/mol. The largest absolute Gasteiger partial charge is 0.348 e. The summed E-state index contributed by atoms with van der Waals surface area (Å²) in [6.45, 7) is 11.4. The number of ketones is 1. The third-order valence-electron chi connectivity index (χ3n) is 5.42. The Morgan fingerprint density at radius 1 is 1.29 bits per heavy atom. The van der Waals surface area contributed by atoms with Crippen LogP contribution < -0.4 is 0 Å². The molecular formula is C22H32N4OS. The van der Waals surface area contributed by atoms with Gasteiger partial charge in [-0.3, -0.25) is 9.89 Å². The molecule has 0 spiro atoms. The topological polar surface area (TPSA) is 63.6 Å². The number of thioether (sulfide) groups is 1. The first-order valence-corrected chi connectivity index (χ1v) is 11.2. The number of hydrogen-bond acceptors (Lipinski definition) is 4. The van der Waals surface area contributed by atoms with Gasteiger partial charge in [0.1, 0.15) is 5.82 Å². The Morgan fingerprint density at radius 2 is 2.07 bits per heavy atom. The SMILES string of the molecule is Cc1cc(C(=O)CSc2n[nH]c(C(C)(C)C)n2)c(C)n1CCC1=CCCCC1. The Bertz CT molecular complexity index is 870. The second-order valence-electron chi connectivity index (χ2n) is 8.72. The van der Waals surface area contributed by atoms with E-state index >= 15 is 0 Å². The molecule has 1 aliphatic carbocycles. The van der Waals surface area contributed by atoms with Crippen molar-refractivity contribution in [2.24, 2.45) is 0 Å². The lowest BCUT2D eigenvalue weighted by molar-refractivity contribution is 0.102. The van der Waals surface area contributed by atoms with Crippen molar-refractivity contribution in [1.82, 2.24) is 19.7 Å². The molecule has 2 aromatic heterocycles. The molecule has 0 saturated carbocycles. The maximum Gasteiger partial charge on any atom is 0.208 e. The second-order valence-corrected chi connectivity index (χ2v) is 9.67. The summed E-state index contributed by atoms with van der Waals surface area (Å²) in [6, 6.07) is 2.03. The van der Waals surface area contributed by atoms with Crippen molar-refractivity contribution in [3.8, 4) is 0 Å². The van der Waals surface area contributed by atoms with Gasteiger partial charge in [0, 0.05) is 28.9 Å². The molecule has 0 radical (unpaired) electrons. The number of Topliss-reactive ketones (excluding diaryl/α,β-unsaturated/α-hetero) is 1. The molecule has 152 valence electrons. The average molecular weight is 401 g/mol. The van der Waals surface area contributed by atoms with Crippen LogP contribution in [0.2, 0.25) is 0 Å². The highest BCUT2D eigenvalue weighted by Crippen LogP contribution is 2.25. The quantitative estimate of drug-likeness (QED) is 0.385. The summed E-state index contributed by atoms with van der Waals surface area (Å²) >= 11 is 1.40. The molecule has 5 nitrogen and oxygen atoms in total. The lowest BCUT2D eigenvalue weighted by Gasteiger charge is -2.15. The Hall–Kier alpha value is -1.82. The van der Waals surface area contributed by atoms with E-state index in [2.05, 4.69) is 60.4 Å². The van der Waals surface area contributed by atoms with Gasteiger partial charge in [-0.25, -0.2) is 4.98 Å². The number of aromatic amines is 1. The smallest absolute Gasteiger partial charge is 0.208 e. The standard InChI is InChI=1S/C22H32N4OS/c1-15-13-18(16(2)26(15)12-11-17-9-7-6-8-10-17)19(27)14-28-21-23-20(24-25-21)22(3,4)5/h9,13H,6-8,10-12,14H2,1-5H3,(H,23,24,25). The van der Waals surface area contributed by atoms with Gasteiger partial charge in [-0.1, -0.05) is 44.2 Å². The molecule has 0 fully saturated rings. The van der Waals surface area contributed by atoms with E-state index in [4.69, 9.17) is 0 Å². The van der Waals surface area contributed by atoms with Crippen LogP contribution in [-0.2, 0) is 12.0 Å². The fourth-order valence-electron chi connectivity index (χ4n) is 3.67. The average Bonchev–Trinajstić information content (AvgIpc) is 3.24. The summed E-state index contributed by atoms with van der Waals surface area (Å²) < 4.78 is 2.29. The third-order valence-corrected chi connectivity index (χ3v) is 6.27.